The molecule has 6 heteroatoms. The van der Waals surface area contributed by atoms with E-state index in [-0.39, 0.29) is 12.6 Å². The van der Waals surface area contributed by atoms with Crippen molar-refractivity contribution in [3.8, 4) is 0 Å². The van der Waals surface area contributed by atoms with Crippen molar-refractivity contribution in [3.05, 3.63) is 0 Å². The lowest BCUT2D eigenvalue weighted by Crippen LogP contribution is -2.45. The molecule has 0 spiro atoms. The molecule has 2 atom stereocenters. The zero-order valence-corrected chi connectivity index (χ0v) is 12.4. The van der Waals surface area contributed by atoms with Gasteiger partial charge < -0.3 is 20.1 Å². The Morgan fingerprint density at radius 2 is 2.15 bits per heavy atom. The van der Waals surface area contributed by atoms with Crippen LogP contribution in [0.3, 0.4) is 0 Å². The van der Waals surface area contributed by atoms with Gasteiger partial charge >= 0.3 is 12.0 Å². The van der Waals surface area contributed by atoms with Gasteiger partial charge in [0.25, 0.3) is 0 Å². The van der Waals surface area contributed by atoms with Crippen LogP contribution in [0.5, 0.6) is 0 Å². The van der Waals surface area contributed by atoms with E-state index >= 15 is 0 Å². The molecule has 0 radical (unpaired) electrons. The van der Waals surface area contributed by atoms with E-state index in [0.717, 1.165) is 25.9 Å². The first-order chi connectivity index (χ1) is 9.58. The van der Waals surface area contributed by atoms with Crippen LogP contribution >= 0.6 is 0 Å². The van der Waals surface area contributed by atoms with Crippen LogP contribution in [0.25, 0.3) is 0 Å². The number of hydrogen-bond donors (Lipinski definition) is 2. The van der Waals surface area contributed by atoms with Gasteiger partial charge in [0.2, 0.25) is 0 Å². The Balaban J connectivity index is 2.37. The van der Waals surface area contributed by atoms with Crippen molar-refractivity contribution in [3.63, 3.8) is 0 Å². The number of hydrogen-bond acceptors (Lipinski definition) is 3. The molecular weight excluding hydrogens is 260 g/mol. The summed E-state index contributed by atoms with van der Waals surface area (Å²) >= 11 is 0. The summed E-state index contributed by atoms with van der Waals surface area (Å²) in [6.07, 6.45) is 4.65. The molecule has 0 aromatic rings. The molecule has 1 saturated heterocycles. The van der Waals surface area contributed by atoms with E-state index < -0.39 is 12.1 Å². The summed E-state index contributed by atoms with van der Waals surface area (Å²) in [5.41, 5.74) is 0. The fourth-order valence-electron chi connectivity index (χ4n) is 2.63. The normalized spacial score (nSPS) is 21.1. The molecule has 20 heavy (non-hydrogen) atoms. The highest BCUT2D eigenvalue weighted by atomic mass is 16.5. The maximum atomic E-state index is 12.0. The maximum Gasteiger partial charge on any atom is 0.334 e. The zero-order valence-electron chi connectivity index (χ0n) is 12.4. The second-order valence-electron chi connectivity index (χ2n) is 5.32. The van der Waals surface area contributed by atoms with E-state index in [2.05, 4.69) is 12.2 Å². The lowest BCUT2D eigenvalue weighted by molar-refractivity contribution is -0.148. The second-order valence-corrected chi connectivity index (χ2v) is 5.32. The Hall–Kier alpha value is -1.30. The minimum Gasteiger partial charge on any atom is -0.479 e. The van der Waals surface area contributed by atoms with E-state index in [1.54, 1.807) is 4.90 Å². The third-order valence-electron chi connectivity index (χ3n) is 3.83. The predicted molar refractivity (Wildman–Crippen MR) is 75.7 cm³/mol. The van der Waals surface area contributed by atoms with Crippen LogP contribution in [-0.2, 0) is 9.53 Å². The Labute approximate surface area is 120 Å². The molecule has 1 aliphatic heterocycles. The summed E-state index contributed by atoms with van der Waals surface area (Å²) in [7, 11) is 1.33. The van der Waals surface area contributed by atoms with Gasteiger partial charge in [0.05, 0.1) is 6.54 Å². The van der Waals surface area contributed by atoms with Crippen LogP contribution in [-0.4, -0.2) is 54.9 Å². The Morgan fingerprint density at radius 1 is 1.40 bits per heavy atom. The number of nitrogens with zero attached hydrogens (tertiary/aromatic N) is 1. The van der Waals surface area contributed by atoms with Crippen molar-refractivity contribution in [2.45, 2.75) is 45.1 Å². The Morgan fingerprint density at radius 3 is 2.75 bits per heavy atom. The number of carbonyl (C=O) groups is 2. The fraction of sp³-hybridized carbons (Fsp3) is 0.857. The summed E-state index contributed by atoms with van der Waals surface area (Å²) in [6.45, 7) is 3.68. The van der Waals surface area contributed by atoms with Crippen LogP contribution in [0, 0.1) is 5.92 Å². The predicted octanol–water partition coefficient (Wildman–Crippen LogP) is 1.70. The molecule has 0 aromatic carbocycles. The van der Waals surface area contributed by atoms with Crippen LogP contribution < -0.4 is 5.32 Å². The largest absolute Gasteiger partial charge is 0.479 e. The molecule has 116 valence electrons. The van der Waals surface area contributed by atoms with Crippen LogP contribution in [0.15, 0.2) is 0 Å². The number of carboxylic acids is 1. The molecule has 0 bridgehead atoms. The second kappa shape index (κ2) is 8.79. The number of carbonyl (C=O) groups excluding carboxylic acids is 1. The van der Waals surface area contributed by atoms with Crippen molar-refractivity contribution in [2.75, 3.05) is 26.7 Å². The van der Waals surface area contributed by atoms with Crippen molar-refractivity contribution in [2.24, 2.45) is 5.92 Å². The van der Waals surface area contributed by atoms with Gasteiger partial charge in [0.1, 0.15) is 0 Å². The number of aliphatic carboxylic acids is 1. The summed E-state index contributed by atoms with van der Waals surface area (Å²) in [5, 5.41) is 11.5. The Kier molecular flexibility index (Phi) is 7.36. The number of methoxy groups -OCH3 is 1. The molecule has 2 N–H and O–H groups in total. The topological polar surface area (TPSA) is 78.9 Å². The standard InChI is InChI=1S/C14H26N2O4/c1-3-5-11-6-4-8-16(9-7-11)14(19)15-10-12(20-2)13(17)18/h11-12H,3-10H2,1-2H3,(H,15,19)(H,17,18). The highest BCUT2D eigenvalue weighted by Crippen LogP contribution is 2.21. The van der Waals surface area contributed by atoms with Gasteiger partial charge in [0, 0.05) is 20.2 Å². The van der Waals surface area contributed by atoms with E-state index in [1.165, 1.54) is 26.4 Å². The van der Waals surface area contributed by atoms with Crippen molar-refractivity contribution >= 4 is 12.0 Å². The molecular formula is C14H26N2O4. The number of amides is 2. The monoisotopic (exact) mass is 286 g/mol. The molecule has 1 heterocycles. The van der Waals surface area contributed by atoms with Crippen LogP contribution in [0.2, 0.25) is 0 Å². The van der Waals surface area contributed by atoms with Crippen molar-refractivity contribution < 1.29 is 19.4 Å². The summed E-state index contributed by atoms with van der Waals surface area (Å²) < 4.78 is 4.79. The smallest absolute Gasteiger partial charge is 0.334 e. The number of ether oxygens (including phenoxy) is 1. The molecule has 2 amide bonds. The van der Waals surface area contributed by atoms with Gasteiger partial charge in [-0.25, -0.2) is 9.59 Å². The third kappa shape index (κ3) is 5.36. The molecule has 6 nitrogen and oxygen atoms in total. The first-order valence-corrected chi connectivity index (χ1v) is 7.36. The average Bonchev–Trinajstić information content (AvgIpc) is 2.65. The lowest BCUT2D eigenvalue weighted by atomic mass is 9.96. The number of likely N-dealkylation sites (tertiary alicyclic amines) is 1. The fourth-order valence-corrected chi connectivity index (χ4v) is 2.63. The van der Waals surface area contributed by atoms with E-state index in [4.69, 9.17) is 9.84 Å². The summed E-state index contributed by atoms with van der Waals surface area (Å²) in [6, 6.07) is -0.189. The van der Waals surface area contributed by atoms with Gasteiger partial charge in [-0.2, -0.15) is 0 Å². The zero-order chi connectivity index (χ0) is 15.0. The van der Waals surface area contributed by atoms with E-state index in [1.807, 2.05) is 0 Å². The number of carboxylic acid groups (broad SMARTS) is 1. The molecule has 2 unspecified atom stereocenters. The van der Waals surface area contributed by atoms with Gasteiger partial charge in [-0.3, -0.25) is 0 Å². The number of rotatable bonds is 6. The first-order valence-electron chi connectivity index (χ1n) is 7.36. The quantitative estimate of drug-likeness (QED) is 0.779. The Bertz CT molecular complexity index is 322. The molecule has 1 rings (SSSR count). The van der Waals surface area contributed by atoms with Crippen molar-refractivity contribution in [1.82, 2.24) is 10.2 Å². The number of urea groups is 1. The molecule has 0 aromatic heterocycles. The minimum absolute atomic E-state index is 0.000441. The highest BCUT2D eigenvalue weighted by molar-refractivity contribution is 5.77. The minimum atomic E-state index is -1.06. The highest BCUT2D eigenvalue weighted by Gasteiger charge is 2.22. The molecule has 0 aliphatic carbocycles. The van der Waals surface area contributed by atoms with Crippen LogP contribution in [0.1, 0.15) is 39.0 Å². The average molecular weight is 286 g/mol. The lowest BCUT2D eigenvalue weighted by Gasteiger charge is -2.22. The van der Waals surface area contributed by atoms with E-state index in [0.29, 0.717) is 5.92 Å². The third-order valence-corrected chi connectivity index (χ3v) is 3.83. The van der Waals surface area contributed by atoms with Gasteiger partial charge in [0.15, 0.2) is 6.10 Å². The molecule has 1 aliphatic rings. The van der Waals surface area contributed by atoms with Crippen LogP contribution in [0.4, 0.5) is 4.79 Å². The molecule has 1 fully saturated rings. The maximum absolute atomic E-state index is 12.0. The van der Waals surface area contributed by atoms with Gasteiger partial charge in [-0.1, -0.05) is 19.8 Å². The molecule has 0 saturated carbocycles. The summed E-state index contributed by atoms with van der Waals surface area (Å²) in [5.74, 6) is -0.352. The SMILES string of the molecule is CCCC1CCCN(C(=O)NCC(OC)C(=O)O)CC1. The van der Waals surface area contributed by atoms with Gasteiger partial charge in [-0.05, 0) is 25.2 Å². The van der Waals surface area contributed by atoms with Crippen molar-refractivity contribution in [1.29, 1.82) is 0 Å². The summed E-state index contributed by atoms with van der Waals surface area (Å²) in [4.78, 5) is 24.6. The number of nitrogens with one attached hydrogen (secondary N) is 1. The van der Waals surface area contributed by atoms with E-state index in [9.17, 15) is 9.59 Å². The first kappa shape index (κ1) is 16.8. The van der Waals surface area contributed by atoms with Gasteiger partial charge in [-0.15, -0.1) is 0 Å².